The van der Waals surface area contributed by atoms with Crippen LogP contribution in [0.3, 0.4) is 0 Å². The topological polar surface area (TPSA) is 15.3 Å². The Morgan fingerprint density at radius 2 is 1.78 bits per heavy atom. The van der Waals surface area contributed by atoms with Crippen LogP contribution in [-0.2, 0) is 0 Å². The first-order valence-corrected chi connectivity index (χ1v) is 8.02. The summed E-state index contributed by atoms with van der Waals surface area (Å²) in [6.07, 6.45) is 3.92. The molecule has 0 aliphatic carbocycles. The quantitative estimate of drug-likeness (QED) is 0.749. The lowest BCUT2D eigenvalue weighted by atomic mass is 9.90. The second-order valence-electron chi connectivity index (χ2n) is 6.61. The fourth-order valence-electron chi connectivity index (χ4n) is 3.28. The Balaban J connectivity index is 2.47. The molecule has 0 radical (unpaired) electrons. The second kappa shape index (κ2) is 8.16. The summed E-state index contributed by atoms with van der Waals surface area (Å²) in [5, 5.41) is 3.76. The summed E-state index contributed by atoms with van der Waals surface area (Å²) < 4.78 is 0. The van der Waals surface area contributed by atoms with Crippen molar-refractivity contribution in [1.29, 1.82) is 0 Å². The van der Waals surface area contributed by atoms with Crippen LogP contribution in [0.2, 0.25) is 0 Å². The van der Waals surface area contributed by atoms with Gasteiger partial charge in [0.25, 0.3) is 0 Å². The molecule has 4 unspecified atom stereocenters. The van der Waals surface area contributed by atoms with Crippen LogP contribution in [0.1, 0.15) is 53.9 Å². The van der Waals surface area contributed by atoms with Crippen LogP contribution in [0.25, 0.3) is 0 Å². The number of rotatable bonds is 7. The maximum Gasteiger partial charge on any atom is 0.0220 e. The van der Waals surface area contributed by atoms with Crippen molar-refractivity contribution >= 4 is 0 Å². The van der Waals surface area contributed by atoms with Gasteiger partial charge < -0.3 is 10.2 Å². The maximum absolute atomic E-state index is 3.76. The number of nitrogens with one attached hydrogen (secondary N) is 1. The highest BCUT2D eigenvalue weighted by Gasteiger charge is 2.25. The van der Waals surface area contributed by atoms with Gasteiger partial charge in [-0.3, -0.25) is 0 Å². The zero-order valence-electron chi connectivity index (χ0n) is 13.2. The molecule has 1 fully saturated rings. The van der Waals surface area contributed by atoms with Crippen LogP contribution in [0.15, 0.2) is 0 Å². The summed E-state index contributed by atoms with van der Waals surface area (Å²) in [4.78, 5) is 2.69. The van der Waals surface area contributed by atoms with Crippen LogP contribution in [0, 0.1) is 17.8 Å². The molecule has 108 valence electrons. The van der Waals surface area contributed by atoms with E-state index < -0.39 is 0 Å². The number of nitrogens with zero attached hydrogens (tertiary/aromatic N) is 1. The summed E-state index contributed by atoms with van der Waals surface area (Å²) in [7, 11) is 0. The monoisotopic (exact) mass is 254 g/mol. The molecule has 1 heterocycles. The molecule has 1 N–H and O–H groups in total. The average Bonchev–Trinajstić information content (AvgIpc) is 2.32. The van der Waals surface area contributed by atoms with E-state index in [1.165, 1.54) is 38.9 Å². The van der Waals surface area contributed by atoms with E-state index in [-0.39, 0.29) is 0 Å². The fourth-order valence-corrected chi connectivity index (χ4v) is 3.28. The molecule has 2 heteroatoms. The highest BCUT2D eigenvalue weighted by Crippen LogP contribution is 2.22. The third-order valence-electron chi connectivity index (χ3n) is 4.39. The lowest BCUT2D eigenvalue weighted by Gasteiger charge is -2.38. The van der Waals surface area contributed by atoms with Crippen molar-refractivity contribution in [3.63, 3.8) is 0 Å². The molecule has 1 saturated heterocycles. The molecule has 1 rings (SSSR count). The Hall–Kier alpha value is -0.0800. The molecule has 0 aromatic rings. The van der Waals surface area contributed by atoms with Crippen LogP contribution in [0.4, 0.5) is 0 Å². The smallest absolute Gasteiger partial charge is 0.0220 e. The summed E-state index contributed by atoms with van der Waals surface area (Å²) in [5.41, 5.74) is 0. The molecule has 0 saturated carbocycles. The Morgan fingerprint density at radius 3 is 2.28 bits per heavy atom. The number of hydrogen-bond acceptors (Lipinski definition) is 2. The normalized spacial score (nSPS) is 29.2. The lowest BCUT2D eigenvalue weighted by Crippen LogP contribution is -2.49. The Morgan fingerprint density at radius 1 is 1.17 bits per heavy atom. The van der Waals surface area contributed by atoms with Crippen LogP contribution in [0.5, 0.6) is 0 Å². The van der Waals surface area contributed by atoms with E-state index in [4.69, 9.17) is 0 Å². The van der Waals surface area contributed by atoms with Gasteiger partial charge in [0.2, 0.25) is 0 Å². The van der Waals surface area contributed by atoms with Gasteiger partial charge in [-0.25, -0.2) is 0 Å². The summed E-state index contributed by atoms with van der Waals surface area (Å²) in [6, 6.07) is 0.674. The first kappa shape index (κ1) is 16.0. The molecular formula is C16H34N2. The molecule has 0 spiro atoms. The Kier molecular flexibility index (Phi) is 7.25. The molecular weight excluding hydrogens is 220 g/mol. The second-order valence-corrected chi connectivity index (χ2v) is 6.61. The lowest BCUT2D eigenvalue weighted by molar-refractivity contribution is 0.118. The van der Waals surface area contributed by atoms with Crippen molar-refractivity contribution in [3.05, 3.63) is 0 Å². The van der Waals surface area contributed by atoms with Gasteiger partial charge in [-0.1, -0.05) is 41.0 Å². The van der Waals surface area contributed by atoms with Crippen LogP contribution in [-0.4, -0.2) is 37.1 Å². The van der Waals surface area contributed by atoms with Crippen molar-refractivity contribution in [3.8, 4) is 0 Å². The third-order valence-corrected chi connectivity index (χ3v) is 4.39. The van der Waals surface area contributed by atoms with E-state index >= 15 is 0 Å². The molecule has 0 aromatic heterocycles. The van der Waals surface area contributed by atoms with Crippen LogP contribution < -0.4 is 5.32 Å². The van der Waals surface area contributed by atoms with Crippen molar-refractivity contribution in [2.24, 2.45) is 17.8 Å². The third kappa shape index (κ3) is 5.27. The molecule has 1 aliphatic heterocycles. The van der Waals surface area contributed by atoms with Gasteiger partial charge in [-0.2, -0.15) is 0 Å². The van der Waals surface area contributed by atoms with Gasteiger partial charge >= 0.3 is 0 Å². The van der Waals surface area contributed by atoms with Gasteiger partial charge in [0, 0.05) is 25.7 Å². The van der Waals surface area contributed by atoms with Gasteiger partial charge in [0.15, 0.2) is 0 Å². The van der Waals surface area contributed by atoms with Gasteiger partial charge in [-0.15, -0.1) is 0 Å². The van der Waals surface area contributed by atoms with Crippen molar-refractivity contribution in [1.82, 2.24) is 10.2 Å². The van der Waals surface area contributed by atoms with E-state index in [2.05, 4.69) is 44.8 Å². The van der Waals surface area contributed by atoms with Gasteiger partial charge in [0.05, 0.1) is 0 Å². The van der Waals surface area contributed by atoms with E-state index in [9.17, 15) is 0 Å². The molecule has 1 aliphatic rings. The molecule has 18 heavy (non-hydrogen) atoms. The molecule has 2 nitrogen and oxygen atoms in total. The zero-order chi connectivity index (χ0) is 13.5. The minimum atomic E-state index is 0.674. The average molecular weight is 254 g/mol. The number of hydrogen-bond donors (Lipinski definition) is 1. The van der Waals surface area contributed by atoms with Gasteiger partial charge in [0.1, 0.15) is 0 Å². The fraction of sp³-hybridized carbons (Fsp3) is 1.00. The highest BCUT2D eigenvalue weighted by molar-refractivity contribution is 4.81. The zero-order valence-corrected chi connectivity index (χ0v) is 13.2. The first-order chi connectivity index (χ1) is 8.56. The molecule has 4 atom stereocenters. The molecule has 0 bridgehead atoms. The van der Waals surface area contributed by atoms with Crippen molar-refractivity contribution < 1.29 is 0 Å². The molecule has 0 amide bonds. The standard InChI is InChI=1S/C16H34N2/c1-6-8-17-16(15(5)7-2)12-18-10-13(3)9-14(4)11-18/h13-17H,6-12H2,1-5H3. The Bertz CT molecular complexity index is 207. The summed E-state index contributed by atoms with van der Waals surface area (Å²) in [6.45, 7) is 16.8. The molecule has 0 aromatic carbocycles. The SMILES string of the molecule is CCCNC(CN1CC(C)CC(C)C1)C(C)CC. The predicted octanol–water partition coefficient (Wildman–Crippen LogP) is 3.38. The Labute approximate surface area is 115 Å². The van der Waals surface area contributed by atoms with E-state index in [0.29, 0.717) is 6.04 Å². The van der Waals surface area contributed by atoms with E-state index in [1.807, 2.05) is 0 Å². The predicted molar refractivity (Wildman–Crippen MR) is 80.9 cm³/mol. The van der Waals surface area contributed by atoms with Gasteiger partial charge in [-0.05, 0) is 37.1 Å². The number of piperidine rings is 1. The minimum Gasteiger partial charge on any atom is -0.312 e. The number of likely N-dealkylation sites (tertiary alicyclic amines) is 1. The van der Waals surface area contributed by atoms with Crippen molar-refractivity contribution in [2.45, 2.75) is 59.9 Å². The summed E-state index contributed by atoms with van der Waals surface area (Å²) in [5.74, 6) is 2.53. The maximum atomic E-state index is 3.76. The van der Waals surface area contributed by atoms with E-state index in [0.717, 1.165) is 24.3 Å². The minimum absolute atomic E-state index is 0.674. The van der Waals surface area contributed by atoms with E-state index in [1.54, 1.807) is 0 Å². The first-order valence-electron chi connectivity index (χ1n) is 8.02. The van der Waals surface area contributed by atoms with Crippen LogP contribution >= 0.6 is 0 Å². The highest BCUT2D eigenvalue weighted by atomic mass is 15.2. The summed E-state index contributed by atoms with van der Waals surface area (Å²) >= 11 is 0. The van der Waals surface area contributed by atoms with Crippen molar-refractivity contribution in [2.75, 3.05) is 26.2 Å². The largest absolute Gasteiger partial charge is 0.312 e.